The Morgan fingerprint density at radius 1 is 1.21 bits per heavy atom. The molecule has 2 aromatic rings. The topological polar surface area (TPSA) is 65.1 Å². The van der Waals surface area contributed by atoms with E-state index in [0.29, 0.717) is 17.1 Å². The molecule has 0 aliphatic carbocycles. The first kappa shape index (κ1) is 20.5. The van der Waals surface area contributed by atoms with Gasteiger partial charge in [-0.2, -0.15) is 0 Å². The number of nitrogens with zero attached hydrogens (tertiary/aromatic N) is 1. The van der Waals surface area contributed by atoms with E-state index in [4.69, 9.17) is 14.2 Å². The van der Waals surface area contributed by atoms with E-state index in [1.54, 1.807) is 51.5 Å². The van der Waals surface area contributed by atoms with E-state index < -0.39 is 0 Å². The Morgan fingerprint density at radius 2 is 1.93 bits per heavy atom. The van der Waals surface area contributed by atoms with Crippen molar-refractivity contribution in [2.75, 3.05) is 27.8 Å². The summed E-state index contributed by atoms with van der Waals surface area (Å²) in [5, 5.41) is 0. The van der Waals surface area contributed by atoms with Crippen LogP contribution in [0.1, 0.15) is 28.4 Å². The number of rotatable bonds is 7. The Labute approximate surface area is 170 Å². The van der Waals surface area contributed by atoms with Crippen molar-refractivity contribution in [1.29, 1.82) is 0 Å². The molecule has 1 aliphatic heterocycles. The van der Waals surface area contributed by atoms with Crippen LogP contribution in [0.4, 0.5) is 0 Å². The first-order valence-corrected chi connectivity index (χ1v) is 9.40. The van der Waals surface area contributed by atoms with Crippen molar-refractivity contribution < 1.29 is 23.8 Å². The van der Waals surface area contributed by atoms with Crippen LogP contribution in [-0.4, -0.2) is 50.5 Å². The Hall–Kier alpha value is -3.28. The summed E-state index contributed by atoms with van der Waals surface area (Å²) in [7, 11) is 4.95. The third-order valence-corrected chi connectivity index (χ3v) is 4.66. The second kappa shape index (κ2) is 8.82. The monoisotopic (exact) mass is 395 g/mol. The van der Waals surface area contributed by atoms with Crippen LogP contribution in [0.25, 0.3) is 6.08 Å². The normalized spacial score (nSPS) is 15.0. The van der Waals surface area contributed by atoms with Gasteiger partial charge >= 0.3 is 0 Å². The number of allylic oxidation sites excluding steroid dienone is 1. The Balaban J connectivity index is 1.68. The molecular formula is C23H25NO5. The molecule has 152 valence electrons. The molecule has 6 heteroatoms. The zero-order valence-electron chi connectivity index (χ0n) is 17.1. The molecule has 2 aromatic carbocycles. The van der Waals surface area contributed by atoms with Crippen LogP contribution in [0, 0.1) is 0 Å². The number of likely N-dealkylation sites (N-methyl/N-ethyl adjacent to an activating group) is 1. The lowest BCUT2D eigenvalue weighted by Crippen LogP contribution is -2.27. The number of carbonyl (C=O) groups is 2. The number of hydrogen-bond donors (Lipinski definition) is 0. The van der Waals surface area contributed by atoms with Gasteiger partial charge < -0.3 is 19.1 Å². The van der Waals surface area contributed by atoms with Crippen LogP contribution < -0.4 is 14.2 Å². The quantitative estimate of drug-likeness (QED) is 0.531. The lowest BCUT2D eigenvalue weighted by molar-refractivity contribution is -0.130. The fraction of sp³-hybridized carbons (Fsp3) is 0.304. The van der Waals surface area contributed by atoms with Gasteiger partial charge in [-0.05, 0) is 55.5 Å². The highest BCUT2D eigenvalue weighted by atomic mass is 16.5. The molecule has 0 saturated heterocycles. The summed E-state index contributed by atoms with van der Waals surface area (Å²) in [6.07, 6.45) is 4.23. The van der Waals surface area contributed by atoms with Crippen molar-refractivity contribution >= 4 is 17.8 Å². The fourth-order valence-corrected chi connectivity index (χ4v) is 3.01. The lowest BCUT2D eigenvalue weighted by atomic mass is 10.0. The first-order chi connectivity index (χ1) is 13.9. The predicted molar refractivity (Wildman–Crippen MR) is 111 cm³/mol. The van der Waals surface area contributed by atoms with E-state index in [0.717, 1.165) is 23.3 Å². The molecule has 1 amide bonds. The van der Waals surface area contributed by atoms with Crippen LogP contribution in [-0.2, 0) is 11.2 Å². The van der Waals surface area contributed by atoms with Crippen LogP contribution >= 0.6 is 0 Å². The highest BCUT2D eigenvalue weighted by molar-refractivity contribution is 6.07. The number of ketones is 1. The number of hydrogen-bond acceptors (Lipinski definition) is 5. The fourth-order valence-electron chi connectivity index (χ4n) is 3.01. The smallest absolute Gasteiger partial charge is 0.259 e. The first-order valence-electron chi connectivity index (χ1n) is 9.40. The third-order valence-electron chi connectivity index (χ3n) is 4.66. The summed E-state index contributed by atoms with van der Waals surface area (Å²) in [5.41, 5.74) is 2.43. The van der Waals surface area contributed by atoms with E-state index in [2.05, 4.69) is 0 Å². The molecule has 0 saturated carbocycles. The number of methoxy groups -OCH3 is 1. The van der Waals surface area contributed by atoms with Gasteiger partial charge in [0.25, 0.3) is 5.91 Å². The van der Waals surface area contributed by atoms with E-state index in [1.807, 2.05) is 19.1 Å². The second-order valence-corrected chi connectivity index (χ2v) is 7.13. The molecule has 0 aromatic heterocycles. The van der Waals surface area contributed by atoms with Gasteiger partial charge in [-0.25, -0.2) is 0 Å². The van der Waals surface area contributed by atoms with Crippen molar-refractivity contribution in [2.24, 2.45) is 0 Å². The summed E-state index contributed by atoms with van der Waals surface area (Å²) in [4.78, 5) is 25.5. The van der Waals surface area contributed by atoms with Gasteiger partial charge in [0.2, 0.25) is 0 Å². The highest BCUT2D eigenvalue weighted by Crippen LogP contribution is 2.35. The summed E-state index contributed by atoms with van der Waals surface area (Å²) in [5.74, 6) is 1.80. The zero-order chi connectivity index (χ0) is 21.0. The molecule has 3 rings (SSSR count). The molecule has 0 fully saturated rings. The minimum Gasteiger partial charge on any atom is -0.496 e. The summed E-state index contributed by atoms with van der Waals surface area (Å²) >= 11 is 0. The lowest BCUT2D eigenvalue weighted by Gasteiger charge is -2.11. The van der Waals surface area contributed by atoms with E-state index in [9.17, 15) is 9.59 Å². The molecule has 0 radical (unpaired) electrons. The molecule has 1 atom stereocenters. The molecule has 0 bridgehead atoms. The molecule has 0 spiro atoms. The van der Waals surface area contributed by atoms with Gasteiger partial charge in [0.15, 0.2) is 12.4 Å². The molecule has 1 aliphatic rings. The Kier molecular flexibility index (Phi) is 6.22. The largest absolute Gasteiger partial charge is 0.496 e. The average Bonchev–Trinajstić information content (AvgIpc) is 3.08. The number of ether oxygens (including phenoxy) is 3. The SMILES string of the molecule is COc1cc2c(cc1C=CC(=O)c1ccc(OCC(=O)N(C)C)cc1)OC(C)C2. The van der Waals surface area contributed by atoms with Crippen molar-refractivity contribution in [2.45, 2.75) is 19.4 Å². The van der Waals surface area contributed by atoms with Gasteiger partial charge in [0.1, 0.15) is 23.4 Å². The minimum atomic E-state index is -0.141. The van der Waals surface area contributed by atoms with Crippen LogP contribution in [0.15, 0.2) is 42.5 Å². The maximum absolute atomic E-state index is 12.5. The van der Waals surface area contributed by atoms with E-state index in [-0.39, 0.29) is 24.4 Å². The predicted octanol–water partition coefficient (Wildman–Crippen LogP) is 3.38. The highest BCUT2D eigenvalue weighted by Gasteiger charge is 2.21. The summed E-state index contributed by atoms with van der Waals surface area (Å²) < 4.78 is 16.7. The number of fused-ring (bicyclic) bond motifs is 1. The van der Waals surface area contributed by atoms with Crippen LogP contribution in [0.5, 0.6) is 17.2 Å². The van der Waals surface area contributed by atoms with Crippen molar-refractivity contribution in [3.05, 3.63) is 59.2 Å². The van der Waals surface area contributed by atoms with E-state index >= 15 is 0 Å². The van der Waals surface area contributed by atoms with Gasteiger partial charge in [0, 0.05) is 37.2 Å². The van der Waals surface area contributed by atoms with Crippen molar-refractivity contribution in [3.63, 3.8) is 0 Å². The Morgan fingerprint density at radius 3 is 2.59 bits per heavy atom. The molecule has 29 heavy (non-hydrogen) atoms. The maximum Gasteiger partial charge on any atom is 0.259 e. The van der Waals surface area contributed by atoms with Crippen LogP contribution in [0.2, 0.25) is 0 Å². The molecular weight excluding hydrogens is 370 g/mol. The maximum atomic E-state index is 12.5. The number of benzene rings is 2. The molecule has 6 nitrogen and oxygen atoms in total. The van der Waals surface area contributed by atoms with Gasteiger partial charge in [-0.1, -0.05) is 0 Å². The average molecular weight is 395 g/mol. The third kappa shape index (κ3) is 4.96. The Bertz CT molecular complexity index is 931. The molecule has 1 unspecified atom stereocenters. The van der Waals surface area contributed by atoms with Crippen molar-refractivity contribution in [3.8, 4) is 17.2 Å². The van der Waals surface area contributed by atoms with Gasteiger partial charge in [-0.3, -0.25) is 9.59 Å². The zero-order valence-corrected chi connectivity index (χ0v) is 17.1. The van der Waals surface area contributed by atoms with Crippen LogP contribution in [0.3, 0.4) is 0 Å². The van der Waals surface area contributed by atoms with Crippen molar-refractivity contribution in [1.82, 2.24) is 4.90 Å². The summed E-state index contributed by atoms with van der Waals surface area (Å²) in [6, 6.07) is 10.6. The second-order valence-electron chi connectivity index (χ2n) is 7.13. The van der Waals surface area contributed by atoms with Gasteiger partial charge in [-0.15, -0.1) is 0 Å². The number of amides is 1. The standard InChI is InChI=1S/C23H25NO5/c1-15-11-18-13-21(27-4)17(12-22(18)29-15)7-10-20(25)16-5-8-19(9-6-16)28-14-23(26)24(2)3/h5-10,12-13,15H,11,14H2,1-4H3. The summed E-state index contributed by atoms with van der Waals surface area (Å²) in [6.45, 7) is 1.98. The van der Waals surface area contributed by atoms with E-state index in [1.165, 1.54) is 11.0 Å². The van der Waals surface area contributed by atoms with Gasteiger partial charge in [0.05, 0.1) is 7.11 Å². The molecule has 0 N–H and O–H groups in total. The minimum absolute atomic E-state index is 0.0427. The number of carbonyl (C=O) groups excluding carboxylic acids is 2. The molecule has 1 heterocycles.